The smallest absolute Gasteiger partial charge is 0.271 e. The number of hydrogen-bond acceptors (Lipinski definition) is 4. The number of benzene rings is 1. The van der Waals surface area contributed by atoms with Crippen LogP contribution in [0.4, 0.5) is 5.69 Å². The highest BCUT2D eigenvalue weighted by molar-refractivity contribution is 9.10. The fourth-order valence-corrected chi connectivity index (χ4v) is 3.44. The van der Waals surface area contributed by atoms with Gasteiger partial charge < -0.3 is 10.3 Å². The number of carbonyl (C=O) groups is 1. The summed E-state index contributed by atoms with van der Waals surface area (Å²) in [5, 5.41) is 2.49. The lowest BCUT2D eigenvalue weighted by Gasteiger charge is -2.10. The molecule has 1 heterocycles. The minimum Gasteiger partial charge on any atom is -0.326 e. The summed E-state index contributed by atoms with van der Waals surface area (Å²) < 4.78 is 27.1. The Bertz CT molecular complexity index is 938. The Hall–Kier alpha value is -1.97. The molecule has 9 heteroatoms. The summed E-state index contributed by atoms with van der Waals surface area (Å²) in [6, 6.07) is 5.72. The Kier molecular flexibility index (Phi) is 5.58. The molecule has 0 spiro atoms. The van der Waals surface area contributed by atoms with E-state index in [2.05, 4.69) is 31.0 Å². The van der Waals surface area contributed by atoms with Gasteiger partial charge in [-0.3, -0.25) is 9.59 Å². The number of aromatic amines is 1. The number of sulfonamides is 1. The van der Waals surface area contributed by atoms with Crippen LogP contribution in [0.15, 0.2) is 44.6 Å². The Balaban J connectivity index is 2.39. The van der Waals surface area contributed by atoms with Gasteiger partial charge in [-0.15, -0.1) is 0 Å². The molecule has 0 saturated carbocycles. The molecule has 1 aromatic heterocycles. The minimum absolute atomic E-state index is 0.0109. The molecule has 0 aliphatic carbocycles. The van der Waals surface area contributed by atoms with Gasteiger partial charge in [0.15, 0.2) is 0 Å². The third-order valence-corrected chi connectivity index (χ3v) is 5.22. The van der Waals surface area contributed by atoms with E-state index in [0.29, 0.717) is 10.0 Å². The molecule has 0 aliphatic rings. The van der Waals surface area contributed by atoms with Crippen molar-refractivity contribution in [2.24, 2.45) is 0 Å². The summed E-state index contributed by atoms with van der Waals surface area (Å²) in [6.07, 6.45) is 1.45. The molecule has 3 N–H and O–H groups in total. The molecule has 2 rings (SSSR count). The van der Waals surface area contributed by atoms with Gasteiger partial charge in [-0.2, -0.15) is 0 Å². The number of carbonyl (C=O) groups excluding carboxylic acids is 1. The maximum Gasteiger partial charge on any atom is 0.271 e. The van der Waals surface area contributed by atoms with Crippen molar-refractivity contribution in [1.82, 2.24) is 9.71 Å². The lowest BCUT2D eigenvalue weighted by Crippen LogP contribution is -2.24. The zero-order valence-electron chi connectivity index (χ0n) is 13.0. The topological polar surface area (TPSA) is 108 Å². The minimum atomic E-state index is -3.68. The van der Waals surface area contributed by atoms with E-state index < -0.39 is 21.5 Å². The van der Waals surface area contributed by atoms with Crippen molar-refractivity contribution in [2.75, 3.05) is 11.9 Å². The van der Waals surface area contributed by atoms with E-state index >= 15 is 0 Å². The molecule has 0 unspecified atom stereocenters. The lowest BCUT2D eigenvalue weighted by atomic mass is 10.1. The van der Waals surface area contributed by atoms with Gasteiger partial charge in [0.05, 0.1) is 4.90 Å². The Labute approximate surface area is 147 Å². The molecule has 2 aromatic rings. The molecule has 7 nitrogen and oxygen atoms in total. The zero-order chi connectivity index (χ0) is 17.9. The van der Waals surface area contributed by atoms with Crippen LogP contribution >= 0.6 is 15.9 Å². The van der Waals surface area contributed by atoms with Crippen LogP contribution in [0.25, 0.3) is 0 Å². The van der Waals surface area contributed by atoms with Gasteiger partial charge in [-0.1, -0.05) is 13.0 Å². The Morgan fingerprint density at radius 2 is 2.00 bits per heavy atom. The zero-order valence-corrected chi connectivity index (χ0v) is 15.4. The van der Waals surface area contributed by atoms with Crippen molar-refractivity contribution in [3.63, 3.8) is 0 Å². The maximum absolute atomic E-state index is 12.4. The van der Waals surface area contributed by atoms with Crippen LogP contribution in [0.3, 0.4) is 0 Å². The molecule has 0 radical (unpaired) electrons. The van der Waals surface area contributed by atoms with Crippen LogP contribution in [0.5, 0.6) is 0 Å². The van der Waals surface area contributed by atoms with Crippen LogP contribution in [-0.2, 0) is 10.0 Å². The number of aromatic nitrogens is 1. The highest BCUT2D eigenvalue weighted by Gasteiger charge is 2.18. The van der Waals surface area contributed by atoms with E-state index in [-0.39, 0.29) is 22.7 Å². The number of H-pyrrole nitrogens is 1. The first-order valence-electron chi connectivity index (χ1n) is 7.04. The number of rotatable bonds is 5. The number of halogens is 1. The average Bonchev–Trinajstić information content (AvgIpc) is 2.51. The summed E-state index contributed by atoms with van der Waals surface area (Å²) in [5.74, 6) is -0.565. The highest BCUT2D eigenvalue weighted by Crippen LogP contribution is 2.17. The molecule has 0 fully saturated rings. The SMILES string of the molecule is CCNS(=O)(=O)c1ccc(C)c(C(=O)Nc2cc(Br)c[nH]c2=O)c1. The van der Waals surface area contributed by atoms with Crippen molar-refractivity contribution in [3.8, 4) is 0 Å². The third kappa shape index (κ3) is 4.11. The monoisotopic (exact) mass is 413 g/mol. The molecule has 1 amide bonds. The first kappa shape index (κ1) is 18.4. The first-order valence-corrected chi connectivity index (χ1v) is 9.32. The van der Waals surface area contributed by atoms with E-state index in [4.69, 9.17) is 0 Å². The van der Waals surface area contributed by atoms with E-state index in [1.807, 2.05) is 0 Å². The van der Waals surface area contributed by atoms with E-state index in [9.17, 15) is 18.0 Å². The molecule has 0 atom stereocenters. The van der Waals surface area contributed by atoms with E-state index in [1.165, 1.54) is 24.4 Å². The molecule has 24 heavy (non-hydrogen) atoms. The second-order valence-electron chi connectivity index (χ2n) is 4.99. The predicted molar refractivity (Wildman–Crippen MR) is 94.8 cm³/mol. The van der Waals surface area contributed by atoms with E-state index in [1.54, 1.807) is 19.9 Å². The number of hydrogen-bond donors (Lipinski definition) is 3. The molecule has 128 valence electrons. The second kappa shape index (κ2) is 7.29. The average molecular weight is 414 g/mol. The molecular formula is C15H16BrN3O4S. The molecule has 0 aliphatic heterocycles. The summed E-state index contributed by atoms with van der Waals surface area (Å²) in [5.41, 5.74) is 0.372. The number of pyridine rings is 1. The van der Waals surface area contributed by atoms with Crippen LogP contribution < -0.4 is 15.6 Å². The number of aryl methyl sites for hydroxylation is 1. The maximum atomic E-state index is 12.4. The summed E-state index contributed by atoms with van der Waals surface area (Å²) in [4.78, 5) is 26.6. The Morgan fingerprint density at radius 1 is 1.29 bits per heavy atom. The molecule has 0 saturated heterocycles. The molecule has 0 bridgehead atoms. The quantitative estimate of drug-likeness (QED) is 0.696. The van der Waals surface area contributed by atoms with Gasteiger partial charge in [-0.05, 0) is 46.6 Å². The van der Waals surface area contributed by atoms with Crippen LogP contribution in [0.1, 0.15) is 22.8 Å². The normalized spacial score (nSPS) is 11.3. The van der Waals surface area contributed by atoms with Gasteiger partial charge in [0.25, 0.3) is 11.5 Å². The standard InChI is InChI=1S/C15H16BrN3O4S/c1-3-18-24(22,23)11-5-4-9(2)12(7-11)14(20)19-13-6-10(16)8-17-15(13)21/h4-8,18H,3H2,1-2H3,(H,17,21)(H,19,20). The van der Waals surface area contributed by atoms with Crippen LogP contribution in [0.2, 0.25) is 0 Å². The van der Waals surface area contributed by atoms with Gasteiger partial charge in [0.1, 0.15) is 5.69 Å². The number of nitrogens with one attached hydrogen (secondary N) is 3. The van der Waals surface area contributed by atoms with Crippen molar-refractivity contribution < 1.29 is 13.2 Å². The van der Waals surface area contributed by atoms with Crippen molar-refractivity contribution in [2.45, 2.75) is 18.7 Å². The summed E-state index contributed by atoms with van der Waals surface area (Å²) in [6.45, 7) is 3.59. The number of amides is 1. The van der Waals surface area contributed by atoms with Crippen molar-refractivity contribution in [1.29, 1.82) is 0 Å². The fraction of sp³-hybridized carbons (Fsp3) is 0.200. The predicted octanol–water partition coefficient (Wildman–Crippen LogP) is 2.00. The van der Waals surface area contributed by atoms with Gasteiger partial charge >= 0.3 is 0 Å². The summed E-state index contributed by atoms with van der Waals surface area (Å²) >= 11 is 3.20. The number of anilines is 1. The second-order valence-corrected chi connectivity index (χ2v) is 7.68. The lowest BCUT2D eigenvalue weighted by molar-refractivity contribution is 0.102. The summed E-state index contributed by atoms with van der Waals surface area (Å²) in [7, 11) is -3.68. The van der Waals surface area contributed by atoms with Crippen LogP contribution in [-0.4, -0.2) is 25.9 Å². The van der Waals surface area contributed by atoms with Gasteiger partial charge in [-0.25, -0.2) is 13.1 Å². The third-order valence-electron chi connectivity index (χ3n) is 3.21. The Morgan fingerprint density at radius 3 is 2.67 bits per heavy atom. The molecule has 1 aromatic carbocycles. The molecular weight excluding hydrogens is 398 g/mol. The largest absolute Gasteiger partial charge is 0.326 e. The highest BCUT2D eigenvalue weighted by atomic mass is 79.9. The van der Waals surface area contributed by atoms with Crippen LogP contribution in [0, 0.1) is 6.92 Å². The van der Waals surface area contributed by atoms with Crippen molar-refractivity contribution >= 4 is 37.5 Å². The van der Waals surface area contributed by atoms with E-state index in [0.717, 1.165) is 0 Å². The fourth-order valence-electron chi connectivity index (χ4n) is 2.03. The van der Waals surface area contributed by atoms with Gasteiger partial charge in [0.2, 0.25) is 10.0 Å². The van der Waals surface area contributed by atoms with Crippen molar-refractivity contribution in [3.05, 3.63) is 56.4 Å². The van der Waals surface area contributed by atoms with Gasteiger partial charge in [0, 0.05) is 22.8 Å². The first-order chi connectivity index (χ1) is 11.2.